The van der Waals surface area contributed by atoms with Crippen LogP contribution in [0.3, 0.4) is 0 Å². The van der Waals surface area contributed by atoms with Gasteiger partial charge in [0.25, 0.3) is 0 Å². The normalized spacial score (nSPS) is 21.0. The summed E-state index contributed by atoms with van der Waals surface area (Å²) in [7, 11) is 3.94. The number of ether oxygens (including phenoxy) is 1. The summed E-state index contributed by atoms with van der Waals surface area (Å²) in [6.45, 7) is 2.15. The lowest BCUT2D eigenvalue weighted by atomic mass is 9.97. The minimum absolute atomic E-state index is 0.438. The van der Waals surface area contributed by atoms with Crippen molar-refractivity contribution in [1.82, 2.24) is 14.7 Å². The van der Waals surface area contributed by atoms with Crippen LogP contribution in [-0.4, -0.2) is 41.9 Å². The summed E-state index contributed by atoms with van der Waals surface area (Å²) in [6, 6.07) is 8.53. The number of hydrogen-bond acceptors (Lipinski definition) is 4. The second-order valence-electron chi connectivity index (χ2n) is 6.47. The fourth-order valence-electron chi connectivity index (χ4n) is 3.87. The predicted octanol–water partition coefficient (Wildman–Crippen LogP) is 3.01. The van der Waals surface area contributed by atoms with E-state index in [4.69, 9.17) is 9.84 Å². The van der Waals surface area contributed by atoms with Crippen LogP contribution in [0.25, 0.3) is 5.69 Å². The van der Waals surface area contributed by atoms with Crippen LogP contribution >= 0.6 is 0 Å². The standard InChI is InChI=1S/C18H24N4O/c1-21-12-6-5-8-15(21)17-13-10-11-19-18(13)22(20-17)14-7-3-4-9-16(14)23-2/h3-4,7,9,15,19H,5-6,8,10-12H2,1-2H3. The number of piperidine rings is 1. The van der Waals surface area contributed by atoms with E-state index < -0.39 is 0 Å². The van der Waals surface area contributed by atoms with Crippen LogP contribution in [0.15, 0.2) is 24.3 Å². The first-order valence-corrected chi connectivity index (χ1v) is 8.49. The van der Waals surface area contributed by atoms with Gasteiger partial charge in [0, 0.05) is 12.1 Å². The van der Waals surface area contributed by atoms with Crippen LogP contribution < -0.4 is 10.1 Å². The second kappa shape index (κ2) is 5.89. The number of para-hydroxylation sites is 2. The fraction of sp³-hybridized carbons (Fsp3) is 0.500. The largest absolute Gasteiger partial charge is 0.494 e. The van der Waals surface area contributed by atoms with Crippen LogP contribution in [0, 0.1) is 0 Å². The maximum Gasteiger partial charge on any atom is 0.144 e. The Balaban J connectivity index is 1.82. The Kier molecular flexibility index (Phi) is 3.73. The number of nitrogens with zero attached hydrogens (tertiary/aromatic N) is 3. The molecule has 0 spiro atoms. The zero-order valence-electron chi connectivity index (χ0n) is 13.9. The van der Waals surface area contributed by atoms with Gasteiger partial charge < -0.3 is 10.1 Å². The topological polar surface area (TPSA) is 42.3 Å². The molecule has 1 N–H and O–H groups in total. The minimum Gasteiger partial charge on any atom is -0.494 e. The second-order valence-corrected chi connectivity index (χ2v) is 6.47. The minimum atomic E-state index is 0.438. The molecular formula is C18H24N4O. The average Bonchev–Trinajstić information content (AvgIpc) is 3.18. The quantitative estimate of drug-likeness (QED) is 0.946. The molecule has 2 aliphatic heterocycles. The van der Waals surface area contributed by atoms with Gasteiger partial charge in [0.15, 0.2) is 0 Å². The highest BCUT2D eigenvalue weighted by Crippen LogP contribution is 2.38. The van der Waals surface area contributed by atoms with Crippen molar-refractivity contribution in [2.75, 3.05) is 32.6 Å². The van der Waals surface area contributed by atoms with Crippen LogP contribution in [0.2, 0.25) is 0 Å². The lowest BCUT2D eigenvalue weighted by molar-refractivity contribution is 0.182. The summed E-state index contributed by atoms with van der Waals surface area (Å²) in [5.74, 6) is 2.00. The SMILES string of the molecule is COc1ccccc1-n1nc(C2CCCCN2C)c2c1NCC2. The number of likely N-dealkylation sites (tertiary alicyclic amines) is 1. The van der Waals surface area contributed by atoms with Gasteiger partial charge in [-0.25, -0.2) is 4.68 Å². The zero-order chi connectivity index (χ0) is 15.8. The van der Waals surface area contributed by atoms with Crippen LogP contribution in [0.4, 0.5) is 5.82 Å². The summed E-state index contributed by atoms with van der Waals surface area (Å²) >= 11 is 0. The molecule has 5 heteroatoms. The number of anilines is 1. The molecule has 1 unspecified atom stereocenters. The molecule has 122 valence electrons. The highest BCUT2D eigenvalue weighted by Gasteiger charge is 2.31. The third-order valence-corrected chi connectivity index (χ3v) is 5.08. The molecule has 23 heavy (non-hydrogen) atoms. The van der Waals surface area contributed by atoms with Gasteiger partial charge >= 0.3 is 0 Å². The maximum absolute atomic E-state index is 5.54. The number of hydrogen-bond donors (Lipinski definition) is 1. The smallest absolute Gasteiger partial charge is 0.144 e. The van der Waals surface area contributed by atoms with Crippen molar-refractivity contribution in [3.05, 3.63) is 35.5 Å². The molecule has 1 fully saturated rings. The Hall–Kier alpha value is -2.01. The molecule has 1 aromatic carbocycles. The molecule has 2 aromatic rings. The van der Waals surface area contributed by atoms with Crippen molar-refractivity contribution in [1.29, 1.82) is 0 Å². The van der Waals surface area contributed by atoms with Crippen molar-refractivity contribution in [3.63, 3.8) is 0 Å². The number of aromatic nitrogens is 2. The first-order chi connectivity index (χ1) is 11.3. The Morgan fingerprint density at radius 2 is 2.13 bits per heavy atom. The summed E-state index contributed by atoms with van der Waals surface area (Å²) in [5.41, 5.74) is 3.64. The van der Waals surface area contributed by atoms with Gasteiger partial charge in [0.2, 0.25) is 0 Å². The highest BCUT2D eigenvalue weighted by molar-refractivity contribution is 5.60. The van der Waals surface area contributed by atoms with E-state index in [0.29, 0.717) is 6.04 Å². The summed E-state index contributed by atoms with van der Waals surface area (Å²) in [5, 5.41) is 8.54. The molecule has 0 amide bonds. The van der Waals surface area contributed by atoms with Gasteiger partial charge in [-0.2, -0.15) is 5.10 Å². The first-order valence-electron chi connectivity index (χ1n) is 8.49. The Morgan fingerprint density at radius 3 is 2.96 bits per heavy atom. The van der Waals surface area contributed by atoms with E-state index in [-0.39, 0.29) is 0 Å². The van der Waals surface area contributed by atoms with E-state index in [2.05, 4.69) is 23.3 Å². The molecule has 0 radical (unpaired) electrons. The van der Waals surface area contributed by atoms with E-state index in [0.717, 1.165) is 36.8 Å². The lowest BCUT2D eigenvalue weighted by Crippen LogP contribution is -2.30. The van der Waals surface area contributed by atoms with Gasteiger partial charge in [-0.1, -0.05) is 18.6 Å². The third-order valence-electron chi connectivity index (χ3n) is 5.08. The third kappa shape index (κ3) is 2.39. The molecule has 3 heterocycles. The summed E-state index contributed by atoms with van der Waals surface area (Å²) < 4.78 is 7.58. The van der Waals surface area contributed by atoms with Crippen molar-refractivity contribution in [2.24, 2.45) is 0 Å². The monoisotopic (exact) mass is 312 g/mol. The Labute approximate surface area is 137 Å². The van der Waals surface area contributed by atoms with E-state index in [1.54, 1.807) is 7.11 Å². The number of methoxy groups -OCH3 is 1. The molecule has 0 saturated carbocycles. The maximum atomic E-state index is 5.54. The molecule has 0 bridgehead atoms. The zero-order valence-corrected chi connectivity index (χ0v) is 13.9. The Morgan fingerprint density at radius 1 is 1.26 bits per heavy atom. The molecule has 1 aromatic heterocycles. The lowest BCUT2D eigenvalue weighted by Gasteiger charge is -2.31. The molecule has 5 nitrogen and oxygen atoms in total. The molecule has 4 rings (SSSR count). The van der Waals surface area contributed by atoms with E-state index >= 15 is 0 Å². The predicted molar refractivity (Wildman–Crippen MR) is 91.5 cm³/mol. The van der Waals surface area contributed by atoms with Crippen molar-refractivity contribution >= 4 is 5.82 Å². The van der Waals surface area contributed by atoms with Crippen molar-refractivity contribution < 1.29 is 4.74 Å². The van der Waals surface area contributed by atoms with Gasteiger partial charge in [-0.05, 0) is 45.0 Å². The van der Waals surface area contributed by atoms with Crippen LogP contribution in [0.5, 0.6) is 5.75 Å². The average molecular weight is 312 g/mol. The summed E-state index contributed by atoms with van der Waals surface area (Å²) in [6.07, 6.45) is 4.84. The molecule has 1 saturated heterocycles. The molecule has 0 aliphatic carbocycles. The Bertz CT molecular complexity index is 709. The van der Waals surface area contributed by atoms with Gasteiger partial charge in [-0.15, -0.1) is 0 Å². The van der Waals surface area contributed by atoms with Gasteiger partial charge in [0.05, 0.1) is 18.8 Å². The number of rotatable bonds is 3. The van der Waals surface area contributed by atoms with E-state index in [9.17, 15) is 0 Å². The number of fused-ring (bicyclic) bond motifs is 1. The van der Waals surface area contributed by atoms with Crippen LogP contribution in [0.1, 0.15) is 36.6 Å². The molecular weight excluding hydrogens is 288 g/mol. The number of nitrogens with one attached hydrogen (secondary N) is 1. The number of benzene rings is 1. The molecule has 1 atom stereocenters. The van der Waals surface area contributed by atoms with Crippen LogP contribution in [-0.2, 0) is 6.42 Å². The first kappa shape index (κ1) is 14.6. The highest BCUT2D eigenvalue weighted by atomic mass is 16.5. The van der Waals surface area contributed by atoms with Gasteiger partial charge in [0.1, 0.15) is 17.3 Å². The van der Waals surface area contributed by atoms with E-state index in [1.165, 1.54) is 30.5 Å². The fourth-order valence-corrected chi connectivity index (χ4v) is 3.87. The van der Waals surface area contributed by atoms with Crippen molar-refractivity contribution in [3.8, 4) is 11.4 Å². The van der Waals surface area contributed by atoms with Crippen molar-refractivity contribution in [2.45, 2.75) is 31.7 Å². The van der Waals surface area contributed by atoms with Gasteiger partial charge in [-0.3, -0.25) is 4.90 Å². The molecule has 2 aliphatic rings. The van der Waals surface area contributed by atoms with E-state index in [1.807, 2.05) is 22.9 Å². The summed E-state index contributed by atoms with van der Waals surface area (Å²) in [4.78, 5) is 2.46.